The van der Waals surface area contributed by atoms with Gasteiger partial charge in [-0.05, 0) is 43.0 Å². The number of rotatable bonds is 7. The predicted molar refractivity (Wildman–Crippen MR) is 75.3 cm³/mol. The lowest BCUT2D eigenvalue weighted by Gasteiger charge is -2.13. The fraction of sp³-hybridized carbons (Fsp3) is 0.571. The zero-order chi connectivity index (χ0) is 12.7. The first-order valence-electron chi connectivity index (χ1n) is 6.04. The number of ether oxygens (including phenoxy) is 2. The number of hydrogen-bond donors (Lipinski definition) is 0. The van der Waals surface area contributed by atoms with Gasteiger partial charge in [0.15, 0.2) is 0 Å². The minimum atomic E-state index is 0.585. The van der Waals surface area contributed by atoms with Gasteiger partial charge in [-0.3, -0.25) is 0 Å². The highest BCUT2D eigenvalue weighted by Gasteiger charge is 2.08. The van der Waals surface area contributed by atoms with Gasteiger partial charge in [-0.2, -0.15) is 0 Å². The van der Waals surface area contributed by atoms with Gasteiger partial charge in [0.2, 0.25) is 0 Å². The Labute approximate surface area is 112 Å². The highest BCUT2D eigenvalue weighted by molar-refractivity contribution is 9.09. The molecule has 96 valence electrons. The van der Waals surface area contributed by atoms with Crippen LogP contribution in [-0.2, 0) is 0 Å². The Morgan fingerprint density at radius 1 is 1.12 bits per heavy atom. The summed E-state index contributed by atoms with van der Waals surface area (Å²) in [4.78, 5) is 0.585. The molecule has 0 aliphatic carbocycles. The zero-order valence-electron chi connectivity index (χ0n) is 10.8. The van der Waals surface area contributed by atoms with Gasteiger partial charge in [-0.15, -0.1) is 0 Å². The van der Waals surface area contributed by atoms with Crippen molar-refractivity contribution in [3.05, 3.63) is 24.3 Å². The summed E-state index contributed by atoms with van der Waals surface area (Å²) in [6.07, 6.45) is 2.22. The molecule has 0 aromatic heterocycles. The third kappa shape index (κ3) is 5.44. The third-order valence-electron chi connectivity index (χ3n) is 2.68. The van der Waals surface area contributed by atoms with E-state index in [0.29, 0.717) is 10.7 Å². The second-order valence-corrected chi connectivity index (χ2v) is 5.60. The van der Waals surface area contributed by atoms with Crippen LogP contribution in [0, 0.1) is 5.92 Å². The van der Waals surface area contributed by atoms with E-state index in [4.69, 9.17) is 9.47 Å². The lowest BCUT2D eigenvalue weighted by atomic mass is 10.1. The maximum absolute atomic E-state index is 5.66. The summed E-state index contributed by atoms with van der Waals surface area (Å²) in [5, 5.41) is 0. The predicted octanol–water partition coefficient (Wildman–Crippen LogP) is 4.27. The van der Waals surface area contributed by atoms with Crippen LogP contribution in [-0.4, -0.2) is 18.5 Å². The van der Waals surface area contributed by atoms with Crippen LogP contribution in [0.15, 0.2) is 24.3 Å². The zero-order valence-corrected chi connectivity index (χ0v) is 12.4. The van der Waals surface area contributed by atoms with Crippen LogP contribution < -0.4 is 9.47 Å². The molecule has 0 bridgehead atoms. The molecule has 2 nitrogen and oxygen atoms in total. The molecule has 3 heteroatoms. The lowest BCUT2D eigenvalue weighted by molar-refractivity contribution is 0.302. The molecule has 0 aliphatic heterocycles. The molecule has 0 radical (unpaired) electrons. The molecule has 0 heterocycles. The Morgan fingerprint density at radius 3 is 2.24 bits per heavy atom. The van der Waals surface area contributed by atoms with Crippen molar-refractivity contribution in [3.8, 4) is 11.5 Å². The molecule has 0 amide bonds. The van der Waals surface area contributed by atoms with Crippen molar-refractivity contribution >= 4 is 15.9 Å². The van der Waals surface area contributed by atoms with Gasteiger partial charge in [0.25, 0.3) is 0 Å². The molecule has 1 atom stereocenters. The number of halogens is 1. The number of benzene rings is 1. The van der Waals surface area contributed by atoms with Gasteiger partial charge in [0, 0.05) is 4.83 Å². The molecular formula is C14H21BrO2. The maximum atomic E-state index is 5.66. The van der Waals surface area contributed by atoms with Crippen LogP contribution in [0.5, 0.6) is 11.5 Å². The monoisotopic (exact) mass is 300 g/mol. The average molecular weight is 301 g/mol. The molecule has 0 saturated heterocycles. The van der Waals surface area contributed by atoms with Crippen molar-refractivity contribution in [3.63, 3.8) is 0 Å². The van der Waals surface area contributed by atoms with Crippen LogP contribution in [0.2, 0.25) is 0 Å². The summed E-state index contributed by atoms with van der Waals surface area (Å²) in [7, 11) is 1.66. The summed E-state index contributed by atoms with van der Waals surface area (Å²) >= 11 is 3.68. The highest BCUT2D eigenvalue weighted by atomic mass is 79.9. The standard InChI is InChI=1S/C14H21BrO2/c1-11(2)14(15)5-4-10-17-13-8-6-12(16-3)7-9-13/h6-9,11,14H,4-5,10H2,1-3H3. The van der Waals surface area contributed by atoms with Crippen LogP contribution >= 0.6 is 15.9 Å². The minimum Gasteiger partial charge on any atom is -0.497 e. The van der Waals surface area contributed by atoms with E-state index in [2.05, 4.69) is 29.8 Å². The first-order valence-corrected chi connectivity index (χ1v) is 6.96. The molecule has 0 fully saturated rings. The molecule has 1 rings (SSSR count). The van der Waals surface area contributed by atoms with E-state index >= 15 is 0 Å². The van der Waals surface area contributed by atoms with E-state index in [0.717, 1.165) is 30.9 Å². The Balaban J connectivity index is 2.22. The summed E-state index contributed by atoms with van der Waals surface area (Å²) in [5.74, 6) is 2.44. The van der Waals surface area contributed by atoms with Gasteiger partial charge < -0.3 is 9.47 Å². The van der Waals surface area contributed by atoms with Gasteiger partial charge in [-0.25, -0.2) is 0 Å². The summed E-state index contributed by atoms with van der Waals surface area (Å²) in [6, 6.07) is 7.70. The van der Waals surface area contributed by atoms with Gasteiger partial charge >= 0.3 is 0 Å². The Hall–Kier alpha value is -0.700. The number of alkyl halides is 1. The number of methoxy groups -OCH3 is 1. The van der Waals surface area contributed by atoms with Crippen LogP contribution in [0.3, 0.4) is 0 Å². The molecule has 1 aromatic rings. The lowest BCUT2D eigenvalue weighted by Crippen LogP contribution is -2.09. The normalized spacial score (nSPS) is 12.5. The smallest absolute Gasteiger partial charge is 0.119 e. The minimum absolute atomic E-state index is 0.585. The topological polar surface area (TPSA) is 18.5 Å². The van der Waals surface area contributed by atoms with Crippen molar-refractivity contribution in [1.29, 1.82) is 0 Å². The number of hydrogen-bond acceptors (Lipinski definition) is 2. The summed E-state index contributed by atoms with van der Waals surface area (Å²) < 4.78 is 10.8. The summed E-state index contributed by atoms with van der Waals surface area (Å²) in [5.41, 5.74) is 0. The molecule has 0 saturated carbocycles. The van der Waals surface area contributed by atoms with Crippen LogP contribution in [0.25, 0.3) is 0 Å². The molecule has 1 unspecified atom stereocenters. The molecule has 0 aliphatic rings. The van der Waals surface area contributed by atoms with Crippen molar-refractivity contribution in [2.75, 3.05) is 13.7 Å². The van der Waals surface area contributed by atoms with E-state index in [9.17, 15) is 0 Å². The average Bonchev–Trinajstić information content (AvgIpc) is 2.35. The SMILES string of the molecule is COc1ccc(OCCCC(Br)C(C)C)cc1. The Morgan fingerprint density at radius 2 is 1.71 bits per heavy atom. The highest BCUT2D eigenvalue weighted by Crippen LogP contribution is 2.19. The van der Waals surface area contributed by atoms with Crippen molar-refractivity contribution in [2.45, 2.75) is 31.5 Å². The molecule has 1 aromatic carbocycles. The largest absolute Gasteiger partial charge is 0.497 e. The van der Waals surface area contributed by atoms with E-state index in [-0.39, 0.29) is 0 Å². The van der Waals surface area contributed by atoms with Gasteiger partial charge in [0.1, 0.15) is 11.5 Å². The first-order chi connectivity index (χ1) is 8.13. The van der Waals surface area contributed by atoms with Crippen molar-refractivity contribution in [1.82, 2.24) is 0 Å². The van der Waals surface area contributed by atoms with E-state index in [1.54, 1.807) is 7.11 Å². The Kier molecular flexibility index (Phi) is 6.41. The van der Waals surface area contributed by atoms with Crippen LogP contribution in [0.1, 0.15) is 26.7 Å². The van der Waals surface area contributed by atoms with E-state index < -0.39 is 0 Å². The third-order valence-corrected chi connectivity index (χ3v) is 4.19. The summed E-state index contributed by atoms with van der Waals surface area (Å²) in [6.45, 7) is 5.22. The molecule has 17 heavy (non-hydrogen) atoms. The molecule has 0 N–H and O–H groups in total. The van der Waals surface area contributed by atoms with Crippen LogP contribution in [0.4, 0.5) is 0 Å². The maximum Gasteiger partial charge on any atom is 0.119 e. The van der Waals surface area contributed by atoms with Gasteiger partial charge in [0.05, 0.1) is 13.7 Å². The fourth-order valence-corrected chi connectivity index (χ4v) is 1.80. The quantitative estimate of drug-likeness (QED) is 0.553. The van der Waals surface area contributed by atoms with Crippen molar-refractivity contribution < 1.29 is 9.47 Å². The first kappa shape index (κ1) is 14.4. The van der Waals surface area contributed by atoms with E-state index in [1.165, 1.54) is 0 Å². The fourth-order valence-electron chi connectivity index (χ4n) is 1.47. The van der Waals surface area contributed by atoms with Gasteiger partial charge in [-0.1, -0.05) is 29.8 Å². The second kappa shape index (κ2) is 7.59. The second-order valence-electron chi connectivity index (χ2n) is 4.43. The molecule has 0 spiro atoms. The van der Waals surface area contributed by atoms with E-state index in [1.807, 2.05) is 24.3 Å². The Bertz CT molecular complexity index is 309. The van der Waals surface area contributed by atoms with Crippen molar-refractivity contribution in [2.24, 2.45) is 5.92 Å². The molecular weight excluding hydrogens is 280 g/mol.